The molecule has 1 amide bonds. The third-order valence-corrected chi connectivity index (χ3v) is 2.99. The van der Waals surface area contributed by atoms with Crippen molar-refractivity contribution in [3.05, 3.63) is 47.8 Å². The van der Waals surface area contributed by atoms with Crippen molar-refractivity contribution in [2.75, 3.05) is 7.11 Å². The van der Waals surface area contributed by atoms with Crippen LogP contribution in [0.25, 0.3) is 0 Å². The number of methoxy groups -OCH3 is 1. The Morgan fingerprint density at radius 1 is 1.42 bits per heavy atom. The minimum Gasteiger partial charge on any atom is -0.497 e. The number of amides is 1. The minimum absolute atomic E-state index is 0.0201. The molecule has 0 saturated carbocycles. The number of carbonyl (C=O) groups is 1. The van der Waals surface area contributed by atoms with E-state index in [1.807, 2.05) is 31.2 Å². The molecular weight excluding hydrogens is 242 g/mol. The van der Waals surface area contributed by atoms with Crippen molar-refractivity contribution in [2.24, 2.45) is 0 Å². The zero-order valence-electron chi connectivity index (χ0n) is 11.0. The fourth-order valence-electron chi connectivity index (χ4n) is 1.87. The first-order valence-electron chi connectivity index (χ1n) is 6.18. The molecule has 1 atom stereocenters. The molecular formula is C14H17N3O2. The zero-order valence-corrected chi connectivity index (χ0v) is 11.0. The summed E-state index contributed by atoms with van der Waals surface area (Å²) in [5.41, 5.74) is 1.59. The maximum Gasteiger partial charge on any atom is 0.254 e. The largest absolute Gasteiger partial charge is 0.497 e. The second-order valence-electron chi connectivity index (χ2n) is 4.19. The van der Waals surface area contributed by atoms with Gasteiger partial charge in [-0.25, -0.2) is 0 Å². The summed E-state index contributed by atoms with van der Waals surface area (Å²) in [6, 6.07) is 7.68. The van der Waals surface area contributed by atoms with E-state index >= 15 is 0 Å². The van der Waals surface area contributed by atoms with Gasteiger partial charge in [-0.05, 0) is 24.1 Å². The Balaban J connectivity index is 2.09. The van der Waals surface area contributed by atoms with Crippen molar-refractivity contribution < 1.29 is 9.53 Å². The Morgan fingerprint density at radius 2 is 2.16 bits per heavy atom. The number of nitrogens with one attached hydrogen (secondary N) is 2. The van der Waals surface area contributed by atoms with Gasteiger partial charge in [0.05, 0.1) is 24.9 Å². The molecule has 0 aliphatic heterocycles. The Kier molecular flexibility index (Phi) is 4.18. The van der Waals surface area contributed by atoms with Crippen LogP contribution in [0.4, 0.5) is 0 Å². The van der Waals surface area contributed by atoms with Crippen LogP contribution >= 0.6 is 0 Å². The van der Waals surface area contributed by atoms with Crippen LogP contribution < -0.4 is 10.1 Å². The van der Waals surface area contributed by atoms with E-state index in [0.717, 1.165) is 17.7 Å². The lowest BCUT2D eigenvalue weighted by Gasteiger charge is -2.17. The summed E-state index contributed by atoms with van der Waals surface area (Å²) < 4.78 is 5.12. The highest BCUT2D eigenvalue weighted by molar-refractivity contribution is 5.93. The maximum absolute atomic E-state index is 12.0. The molecule has 0 fully saturated rings. The first kappa shape index (κ1) is 13.1. The third kappa shape index (κ3) is 3.13. The molecule has 1 heterocycles. The number of aromatic nitrogens is 2. The van der Waals surface area contributed by atoms with Gasteiger partial charge in [0.25, 0.3) is 5.91 Å². The zero-order chi connectivity index (χ0) is 13.7. The van der Waals surface area contributed by atoms with E-state index in [9.17, 15) is 4.79 Å². The second-order valence-corrected chi connectivity index (χ2v) is 4.19. The van der Waals surface area contributed by atoms with E-state index in [1.165, 1.54) is 6.20 Å². The van der Waals surface area contributed by atoms with Crippen molar-refractivity contribution >= 4 is 5.91 Å². The highest BCUT2D eigenvalue weighted by atomic mass is 16.5. The smallest absolute Gasteiger partial charge is 0.254 e. The number of carbonyl (C=O) groups excluding carboxylic acids is 1. The van der Waals surface area contributed by atoms with Gasteiger partial charge in [-0.1, -0.05) is 19.1 Å². The van der Waals surface area contributed by atoms with Gasteiger partial charge in [0, 0.05) is 6.20 Å². The van der Waals surface area contributed by atoms with Crippen LogP contribution in [0.2, 0.25) is 0 Å². The van der Waals surface area contributed by atoms with Crippen LogP contribution in [0, 0.1) is 0 Å². The predicted octanol–water partition coefficient (Wildman–Crippen LogP) is 2.30. The van der Waals surface area contributed by atoms with Gasteiger partial charge in [0.15, 0.2) is 0 Å². The van der Waals surface area contributed by atoms with Crippen molar-refractivity contribution in [3.63, 3.8) is 0 Å². The Hall–Kier alpha value is -2.30. The first-order valence-corrected chi connectivity index (χ1v) is 6.18. The molecule has 2 aromatic rings. The molecule has 1 aromatic heterocycles. The number of benzene rings is 1. The summed E-state index contributed by atoms with van der Waals surface area (Å²) >= 11 is 0. The molecule has 0 aliphatic rings. The van der Waals surface area contributed by atoms with Crippen LogP contribution in [0.15, 0.2) is 36.7 Å². The fourth-order valence-corrected chi connectivity index (χ4v) is 1.87. The lowest BCUT2D eigenvalue weighted by Crippen LogP contribution is -2.27. The molecule has 1 unspecified atom stereocenters. The Bertz CT molecular complexity index is 520. The Morgan fingerprint density at radius 3 is 2.68 bits per heavy atom. The van der Waals surface area contributed by atoms with E-state index in [4.69, 9.17) is 4.74 Å². The summed E-state index contributed by atoms with van der Waals surface area (Å²) in [6.45, 7) is 2.03. The van der Waals surface area contributed by atoms with Crippen LogP contribution in [-0.4, -0.2) is 23.2 Å². The molecule has 2 rings (SSSR count). The highest BCUT2D eigenvalue weighted by Crippen LogP contribution is 2.20. The molecule has 19 heavy (non-hydrogen) atoms. The molecule has 5 nitrogen and oxygen atoms in total. The van der Waals surface area contributed by atoms with Crippen molar-refractivity contribution in [1.82, 2.24) is 15.5 Å². The molecule has 0 aliphatic carbocycles. The number of aromatic amines is 1. The first-order chi connectivity index (χ1) is 9.24. The fraction of sp³-hybridized carbons (Fsp3) is 0.286. The number of nitrogens with zero attached hydrogens (tertiary/aromatic N) is 1. The summed E-state index contributed by atoms with van der Waals surface area (Å²) in [7, 11) is 1.63. The molecule has 2 N–H and O–H groups in total. The average Bonchev–Trinajstić information content (AvgIpc) is 2.99. The summed E-state index contributed by atoms with van der Waals surface area (Å²) in [4.78, 5) is 12.0. The monoisotopic (exact) mass is 259 g/mol. The van der Waals surface area contributed by atoms with Crippen molar-refractivity contribution in [1.29, 1.82) is 0 Å². The number of hydrogen-bond donors (Lipinski definition) is 2. The normalized spacial score (nSPS) is 11.9. The number of H-pyrrole nitrogens is 1. The van der Waals surface area contributed by atoms with Gasteiger partial charge in [-0.3, -0.25) is 9.89 Å². The van der Waals surface area contributed by atoms with Crippen LogP contribution in [0.3, 0.4) is 0 Å². The second kappa shape index (κ2) is 6.04. The minimum atomic E-state index is -0.128. The molecule has 0 spiro atoms. The van der Waals surface area contributed by atoms with Gasteiger partial charge in [0.2, 0.25) is 0 Å². The van der Waals surface area contributed by atoms with E-state index in [0.29, 0.717) is 5.56 Å². The standard InChI is InChI=1S/C14H17N3O2/c1-3-13(10-4-6-12(19-2)7-5-10)17-14(18)11-8-15-16-9-11/h4-9,13H,3H2,1-2H3,(H,15,16)(H,17,18). The molecule has 100 valence electrons. The number of ether oxygens (including phenoxy) is 1. The SMILES string of the molecule is CCC(NC(=O)c1cn[nH]c1)c1ccc(OC)cc1. The lowest BCUT2D eigenvalue weighted by atomic mass is 10.0. The molecule has 1 aromatic carbocycles. The molecule has 0 bridgehead atoms. The van der Waals surface area contributed by atoms with Gasteiger partial charge >= 0.3 is 0 Å². The molecule has 0 radical (unpaired) electrons. The van der Waals surface area contributed by atoms with Gasteiger partial charge in [-0.2, -0.15) is 5.10 Å². The average molecular weight is 259 g/mol. The summed E-state index contributed by atoms with van der Waals surface area (Å²) in [6.07, 6.45) is 3.90. The quantitative estimate of drug-likeness (QED) is 0.865. The van der Waals surface area contributed by atoms with Crippen molar-refractivity contribution in [2.45, 2.75) is 19.4 Å². The molecule has 0 saturated heterocycles. The van der Waals surface area contributed by atoms with Crippen LogP contribution in [-0.2, 0) is 0 Å². The summed E-state index contributed by atoms with van der Waals surface area (Å²) in [5.74, 6) is 0.677. The number of rotatable bonds is 5. The van der Waals surface area contributed by atoms with E-state index < -0.39 is 0 Å². The predicted molar refractivity (Wildman–Crippen MR) is 72.1 cm³/mol. The molecule has 5 heteroatoms. The van der Waals surface area contributed by atoms with Gasteiger partial charge in [0.1, 0.15) is 5.75 Å². The number of hydrogen-bond acceptors (Lipinski definition) is 3. The third-order valence-electron chi connectivity index (χ3n) is 2.99. The van der Waals surface area contributed by atoms with Crippen molar-refractivity contribution in [3.8, 4) is 5.75 Å². The summed E-state index contributed by atoms with van der Waals surface area (Å²) in [5, 5.41) is 9.38. The van der Waals surface area contributed by atoms with E-state index in [-0.39, 0.29) is 11.9 Å². The van der Waals surface area contributed by atoms with Crippen LogP contribution in [0.5, 0.6) is 5.75 Å². The van der Waals surface area contributed by atoms with Gasteiger partial charge in [-0.15, -0.1) is 0 Å². The van der Waals surface area contributed by atoms with E-state index in [2.05, 4.69) is 15.5 Å². The van der Waals surface area contributed by atoms with Gasteiger partial charge < -0.3 is 10.1 Å². The topological polar surface area (TPSA) is 67.0 Å². The maximum atomic E-state index is 12.0. The van der Waals surface area contributed by atoms with Crippen LogP contribution in [0.1, 0.15) is 35.3 Å². The Labute approximate surface area is 112 Å². The lowest BCUT2D eigenvalue weighted by molar-refractivity contribution is 0.0935. The highest BCUT2D eigenvalue weighted by Gasteiger charge is 2.14. The van der Waals surface area contributed by atoms with E-state index in [1.54, 1.807) is 13.3 Å².